The Morgan fingerprint density at radius 1 is 1.11 bits per heavy atom. The van der Waals surface area contributed by atoms with E-state index in [0.29, 0.717) is 13.1 Å². The Balaban J connectivity index is 1.63. The van der Waals surface area contributed by atoms with Gasteiger partial charge in [0, 0.05) is 29.6 Å². The third-order valence-corrected chi connectivity index (χ3v) is 5.06. The van der Waals surface area contributed by atoms with Crippen LogP contribution in [0.25, 0.3) is 22.2 Å². The molecule has 1 atom stereocenters. The molecular weight excluding hydrogens is 352 g/mol. The molecule has 140 valence electrons. The SMILES string of the molecule is Cc1ccc(Oc2cccc(-c3c4c(nc5[nH]ncc35)CNCC4O)c2)cc1. The Morgan fingerprint density at radius 2 is 1.96 bits per heavy atom. The Hall–Kier alpha value is -3.22. The molecule has 4 aromatic rings. The molecule has 0 fully saturated rings. The zero-order chi connectivity index (χ0) is 19.1. The number of aliphatic hydroxyl groups is 1. The van der Waals surface area contributed by atoms with Crippen molar-refractivity contribution in [1.29, 1.82) is 0 Å². The number of aliphatic hydroxyl groups excluding tert-OH is 1. The fourth-order valence-corrected chi connectivity index (χ4v) is 3.72. The minimum Gasteiger partial charge on any atom is -0.457 e. The highest BCUT2D eigenvalue weighted by atomic mass is 16.5. The van der Waals surface area contributed by atoms with Crippen LogP contribution < -0.4 is 10.1 Å². The molecule has 6 heteroatoms. The number of aromatic amines is 1. The lowest BCUT2D eigenvalue weighted by Crippen LogP contribution is -2.29. The maximum Gasteiger partial charge on any atom is 0.156 e. The highest BCUT2D eigenvalue weighted by Gasteiger charge is 2.26. The Morgan fingerprint density at radius 3 is 2.82 bits per heavy atom. The first-order valence-corrected chi connectivity index (χ1v) is 9.28. The van der Waals surface area contributed by atoms with E-state index in [2.05, 4.69) is 20.5 Å². The average Bonchev–Trinajstić information content (AvgIpc) is 3.17. The maximum atomic E-state index is 10.7. The van der Waals surface area contributed by atoms with Crippen molar-refractivity contribution in [2.75, 3.05) is 6.54 Å². The lowest BCUT2D eigenvalue weighted by Gasteiger charge is -2.25. The molecule has 1 aliphatic rings. The second-order valence-corrected chi connectivity index (χ2v) is 7.07. The summed E-state index contributed by atoms with van der Waals surface area (Å²) in [5.74, 6) is 1.53. The van der Waals surface area contributed by atoms with Crippen molar-refractivity contribution in [2.24, 2.45) is 0 Å². The number of ether oxygens (including phenoxy) is 1. The minimum atomic E-state index is -0.618. The number of aromatic nitrogens is 3. The van der Waals surface area contributed by atoms with Gasteiger partial charge < -0.3 is 15.2 Å². The van der Waals surface area contributed by atoms with Gasteiger partial charge in [0.05, 0.1) is 18.0 Å². The van der Waals surface area contributed by atoms with Crippen molar-refractivity contribution in [2.45, 2.75) is 19.6 Å². The predicted octanol–water partition coefficient (Wildman–Crippen LogP) is 3.86. The van der Waals surface area contributed by atoms with Crippen LogP contribution in [0.5, 0.6) is 11.5 Å². The molecule has 0 radical (unpaired) electrons. The Bertz CT molecular complexity index is 1150. The van der Waals surface area contributed by atoms with Crippen LogP contribution in [0.4, 0.5) is 0 Å². The Labute approximate surface area is 162 Å². The molecule has 6 nitrogen and oxygen atoms in total. The first kappa shape index (κ1) is 16.9. The van der Waals surface area contributed by atoms with Gasteiger partial charge in [0.15, 0.2) is 5.65 Å². The van der Waals surface area contributed by atoms with E-state index in [0.717, 1.165) is 44.9 Å². The normalized spacial score (nSPS) is 16.1. The highest BCUT2D eigenvalue weighted by Crippen LogP contribution is 2.38. The first-order chi connectivity index (χ1) is 13.7. The quantitative estimate of drug-likeness (QED) is 0.509. The van der Waals surface area contributed by atoms with Crippen molar-refractivity contribution in [3.05, 3.63) is 71.5 Å². The van der Waals surface area contributed by atoms with Crippen LogP contribution >= 0.6 is 0 Å². The van der Waals surface area contributed by atoms with Gasteiger partial charge in [-0.15, -0.1) is 0 Å². The summed E-state index contributed by atoms with van der Waals surface area (Å²) in [7, 11) is 0. The molecular formula is C22H20N4O2. The van der Waals surface area contributed by atoms with E-state index in [1.165, 1.54) is 5.56 Å². The fourth-order valence-electron chi connectivity index (χ4n) is 3.72. The number of nitrogens with zero attached hydrogens (tertiary/aromatic N) is 2. The highest BCUT2D eigenvalue weighted by molar-refractivity contribution is 5.95. The van der Waals surface area contributed by atoms with Gasteiger partial charge in [-0.25, -0.2) is 4.98 Å². The summed E-state index contributed by atoms with van der Waals surface area (Å²) in [5.41, 5.74) is 5.53. The third kappa shape index (κ3) is 2.93. The molecule has 0 saturated carbocycles. The number of H-pyrrole nitrogens is 1. The largest absolute Gasteiger partial charge is 0.457 e. The molecule has 3 N–H and O–H groups in total. The van der Waals surface area contributed by atoms with Crippen LogP contribution in [0.3, 0.4) is 0 Å². The monoisotopic (exact) mass is 372 g/mol. The van der Waals surface area contributed by atoms with Crippen LogP contribution in [0.15, 0.2) is 54.7 Å². The number of hydrogen-bond donors (Lipinski definition) is 3. The second-order valence-electron chi connectivity index (χ2n) is 7.07. The van der Waals surface area contributed by atoms with Gasteiger partial charge in [0.2, 0.25) is 0 Å². The van der Waals surface area contributed by atoms with Gasteiger partial charge in [0.1, 0.15) is 11.5 Å². The molecule has 0 bridgehead atoms. The third-order valence-electron chi connectivity index (χ3n) is 5.06. The van der Waals surface area contributed by atoms with Crippen molar-refractivity contribution >= 4 is 11.0 Å². The number of hydrogen-bond acceptors (Lipinski definition) is 5. The molecule has 1 unspecified atom stereocenters. The molecule has 0 aliphatic carbocycles. The summed E-state index contributed by atoms with van der Waals surface area (Å²) in [5, 5.41) is 21.9. The number of rotatable bonds is 3. The van der Waals surface area contributed by atoms with E-state index < -0.39 is 6.10 Å². The summed E-state index contributed by atoms with van der Waals surface area (Å²) in [4.78, 5) is 4.64. The van der Waals surface area contributed by atoms with E-state index in [4.69, 9.17) is 4.74 Å². The van der Waals surface area contributed by atoms with Crippen LogP contribution in [-0.4, -0.2) is 26.8 Å². The van der Waals surface area contributed by atoms with E-state index in [-0.39, 0.29) is 0 Å². The molecule has 0 saturated heterocycles. The van der Waals surface area contributed by atoms with Crippen molar-refractivity contribution in [1.82, 2.24) is 20.5 Å². The smallest absolute Gasteiger partial charge is 0.156 e. The van der Waals surface area contributed by atoms with Crippen molar-refractivity contribution < 1.29 is 9.84 Å². The zero-order valence-corrected chi connectivity index (χ0v) is 15.4. The molecule has 0 spiro atoms. The van der Waals surface area contributed by atoms with Gasteiger partial charge in [-0.3, -0.25) is 5.10 Å². The molecule has 0 amide bonds. The van der Waals surface area contributed by atoms with Gasteiger partial charge in [-0.1, -0.05) is 29.8 Å². The maximum absolute atomic E-state index is 10.7. The van der Waals surface area contributed by atoms with Crippen molar-refractivity contribution in [3.8, 4) is 22.6 Å². The number of benzene rings is 2. The molecule has 28 heavy (non-hydrogen) atoms. The number of pyridine rings is 1. The zero-order valence-electron chi connectivity index (χ0n) is 15.4. The summed E-state index contributed by atoms with van der Waals surface area (Å²) in [6, 6.07) is 15.9. The Kier molecular flexibility index (Phi) is 4.07. The van der Waals surface area contributed by atoms with E-state index in [1.54, 1.807) is 6.20 Å². The van der Waals surface area contributed by atoms with Crippen LogP contribution in [0, 0.1) is 6.92 Å². The molecule has 1 aliphatic heterocycles. The standard InChI is InChI=1S/C22H20N4O2/c1-13-5-7-15(8-6-13)28-16-4-2-3-14(9-16)20-17-10-24-26-22(17)25-18-11-23-12-19(27)21(18)20/h2-10,19,23,27H,11-12H2,1H3,(H,24,25,26). The van der Waals surface area contributed by atoms with E-state index in [1.807, 2.05) is 55.5 Å². The van der Waals surface area contributed by atoms with Crippen LogP contribution in [0.1, 0.15) is 22.9 Å². The first-order valence-electron chi connectivity index (χ1n) is 9.28. The molecule has 2 aromatic heterocycles. The van der Waals surface area contributed by atoms with Crippen molar-refractivity contribution in [3.63, 3.8) is 0 Å². The molecule has 3 heterocycles. The van der Waals surface area contributed by atoms with Gasteiger partial charge >= 0.3 is 0 Å². The topological polar surface area (TPSA) is 83.1 Å². The van der Waals surface area contributed by atoms with Gasteiger partial charge in [0.25, 0.3) is 0 Å². The predicted molar refractivity (Wildman–Crippen MR) is 107 cm³/mol. The minimum absolute atomic E-state index is 0.505. The van der Waals surface area contributed by atoms with Crippen LogP contribution in [-0.2, 0) is 6.54 Å². The lowest BCUT2D eigenvalue weighted by atomic mass is 9.91. The van der Waals surface area contributed by atoms with Gasteiger partial charge in [-0.05, 0) is 36.8 Å². The second kappa shape index (κ2) is 6.74. The van der Waals surface area contributed by atoms with Gasteiger partial charge in [-0.2, -0.15) is 5.10 Å². The lowest BCUT2D eigenvalue weighted by molar-refractivity contribution is 0.165. The summed E-state index contributed by atoms with van der Waals surface area (Å²) < 4.78 is 6.05. The van der Waals surface area contributed by atoms with Crippen LogP contribution in [0.2, 0.25) is 0 Å². The van der Waals surface area contributed by atoms with E-state index in [9.17, 15) is 5.11 Å². The number of fused-ring (bicyclic) bond motifs is 2. The summed E-state index contributed by atoms with van der Waals surface area (Å²) >= 11 is 0. The summed E-state index contributed by atoms with van der Waals surface area (Å²) in [6.45, 7) is 3.17. The number of β-amino-alcohol motifs (C(OH)–C–C–N with tert-alkyl or cyclic N) is 1. The fraction of sp³-hybridized carbons (Fsp3) is 0.182. The number of aryl methyl sites for hydroxylation is 1. The number of nitrogens with one attached hydrogen (secondary N) is 2. The van der Waals surface area contributed by atoms with E-state index >= 15 is 0 Å². The average molecular weight is 372 g/mol. The molecule has 5 rings (SSSR count). The molecule has 2 aromatic carbocycles. The summed E-state index contributed by atoms with van der Waals surface area (Å²) in [6.07, 6.45) is 1.15.